The largest absolute Gasteiger partial charge is 0.487 e. The van der Waals surface area contributed by atoms with E-state index in [1.807, 2.05) is 19.1 Å². The average molecular weight is 315 g/mol. The molecule has 0 amide bonds. The first-order valence-electron chi connectivity index (χ1n) is 6.36. The molecule has 0 saturated heterocycles. The van der Waals surface area contributed by atoms with E-state index >= 15 is 0 Å². The average Bonchev–Trinajstić information content (AvgIpc) is 2.34. The van der Waals surface area contributed by atoms with Crippen molar-refractivity contribution < 1.29 is 14.9 Å². The minimum Gasteiger partial charge on any atom is -0.487 e. The fourth-order valence-electron chi connectivity index (χ4n) is 2.45. The van der Waals surface area contributed by atoms with Crippen molar-refractivity contribution in [2.45, 2.75) is 51.4 Å². The molecule has 0 bridgehead atoms. The van der Waals surface area contributed by atoms with Gasteiger partial charge in [0.25, 0.3) is 0 Å². The SMILES string of the molecule is Cc1cc(Br)cc(CO)c1OC1CCCCC1O. The summed E-state index contributed by atoms with van der Waals surface area (Å²) in [5, 5.41) is 19.3. The van der Waals surface area contributed by atoms with Crippen molar-refractivity contribution in [2.24, 2.45) is 0 Å². The molecule has 0 heterocycles. The van der Waals surface area contributed by atoms with Gasteiger partial charge in [0.15, 0.2) is 0 Å². The van der Waals surface area contributed by atoms with E-state index in [9.17, 15) is 10.2 Å². The second-order valence-electron chi connectivity index (χ2n) is 4.88. The number of rotatable bonds is 3. The molecule has 100 valence electrons. The first kappa shape index (κ1) is 13.8. The lowest BCUT2D eigenvalue weighted by Gasteiger charge is -2.29. The lowest BCUT2D eigenvalue weighted by molar-refractivity contribution is 0.00551. The summed E-state index contributed by atoms with van der Waals surface area (Å²) >= 11 is 3.41. The molecular formula is C14H19BrO3. The van der Waals surface area contributed by atoms with Crippen LogP contribution in [0, 0.1) is 6.92 Å². The molecule has 3 nitrogen and oxygen atoms in total. The lowest BCUT2D eigenvalue weighted by Crippen LogP contribution is -2.35. The zero-order valence-corrected chi connectivity index (χ0v) is 12.1. The van der Waals surface area contributed by atoms with Crippen LogP contribution in [-0.4, -0.2) is 22.4 Å². The Hall–Kier alpha value is -0.580. The van der Waals surface area contributed by atoms with Crippen molar-refractivity contribution in [1.29, 1.82) is 0 Å². The third-order valence-corrected chi connectivity index (χ3v) is 3.88. The van der Waals surface area contributed by atoms with E-state index in [1.165, 1.54) is 0 Å². The fraction of sp³-hybridized carbons (Fsp3) is 0.571. The molecule has 1 aromatic rings. The maximum absolute atomic E-state index is 9.94. The van der Waals surface area contributed by atoms with E-state index in [0.29, 0.717) is 5.75 Å². The first-order chi connectivity index (χ1) is 8.61. The molecule has 1 aliphatic rings. The number of aryl methyl sites for hydroxylation is 1. The predicted molar refractivity (Wildman–Crippen MR) is 73.7 cm³/mol. The van der Waals surface area contributed by atoms with Gasteiger partial charge in [0, 0.05) is 10.0 Å². The molecule has 2 rings (SSSR count). The molecule has 0 aliphatic heterocycles. The van der Waals surface area contributed by atoms with Crippen LogP contribution in [0.4, 0.5) is 0 Å². The van der Waals surface area contributed by atoms with Crippen molar-refractivity contribution >= 4 is 15.9 Å². The Kier molecular flexibility index (Phi) is 4.65. The van der Waals surface area contributed by atoms with Crippen LogP contribution in [0.3, 0.4) is 0 Å². The quantitative estimate of drug-likeness (QED) is 0.902. The van der Waals surface area contributed by atoms with Gasteiger partial charge in [-0.3, -0.25) is 0 Å². The Morgan fingerprint density at radius 2 is 2.06 bits per heavy atom. The van der Waals surface area contributed by atoms with Gasteiger partial charge in [-0.05, 0) is 43.9 Å². The summed E-state index contributed by atoms with van der Waals surface area (Å²) in [5.41, 5.74) is 1.74. The summed E-state index contributed by atoms with van der Waals surface area (Å²) in [7, 11) is 0. The van der Waals surface area contributed by atoms with Crippen molar-refractivity contribution in [3.63, 3.8) is 0 Å². The summed E-state index contributed by atoms with van der Waals surface area (Å²) in [6.45, 7) is 1.90. The zero-order valence-electron chi connectivity index (χ0n) is 10.5. The summed E-state index contributed by atoms with van der Waals surface area (Å²) in [6, 6.07) is 3.82. The van der Waals surface area contributed by atoms with Gasteiger partial charge in [-0.15, -0.1) is 0 Å². The number of hydrogen-bond donors (Lipinski definition) is 2. The minimum atomic E-state index is -0.395. The Labute approximate surface area is 116 Å². The summed E-state index contributed by atoms with van der Waals surface area (Å²) in [6.07, 6.45) is 3.28. The maximum Gasteiger partial charge on any atom is 0.128 e. The van der Waals surface area contributed by atoms with E-state index in [1.54, 1.807) is 0 Å². The van der Waals surface area contributed by atoms with Gasteiger partial charge in [0.05, 0.1) is 12.7 Å². The van der Waals surface area contributed by atoms with Crippen LogP contribution in [0.5, 0.6) is 5.75 Å². The van der Waals surface area contributed by atoms with Crippen molar-refractivity contribution in [3.05, 3.63) is 27.7 Å². The fourth-order valence-corrected chi connectivity index (χ4v) is 3.07. The van der Waals surface area contributed by atoms with Crippen LogP contribution in [0.1, 0.15) is 36.8 Å². The van der Waals surface area contributed by atoms with Gasteiger partial charge in [-0.25, -0.2) is 0 Å². The molecular weight excluding hydrogens is 296 g/mol. The topological polar surface area (TPSA) is 49.7 Å². The van der Waals surface area contributed by atoms with E-state index in [2.05, 4.69) is 15.9 Å². The third-order valence-electron chi connectivity index (χ3n) is 3.42. The van der Waals surface area contributed by atoms with Crippen LogP contribution in [0.25, 0.3) is 0 Å². The van der Waals surface area contributed by atoms with E-state index < -0.39 is 6.10 Å². The van der Waals surface area contributed by atoms with Crippen molar-refractivity contribution in [3.8, 4) is 5.75 Å². The Morgan fingerprint density at radius 3 is 2.72 bits per heavy atom. The molecule has 0 spiro atoms. The molecule has 0 aromatic heterocycles. The summed E-state index contributed by atoms with van der Waals surface area (Å²) in [4.78, 5) is 0. The summed E-state index contributed by atoms with van der Waals surface area (Å²) < 4.78 is 6.88. The van der Waals surface area contributed by atoms with Crippen molar-refractivity contribution in [2.75, 3.05) is 0 Å². The number of benzene rings is 1. The highest BCUT2D eigenvalue weighted by atomic mass is 79.9. The normalized spacial score (nSPS) is 24.0. The van der Waals surface area contributed by atoms with Crippen LogP contribution >= 0.6 is 15.9 Å². The maximum atomic E-state index is 9.94. The Balaban J connectivity index is 2.22. The standard InChI is InChI=1S/C14H19BrO3/c1-9-6-11(15)7-10(8-16)14(9)18-13-5-3-2-4-12(13)17/h6-7,12-13,16-17H,2-5,8H2,1H3. The number of aliphatic hydroxyl groups is 2. The smallest absolute Gasteiger partial charge is 0.128 e. The second kappa shape index (κ2) is 6.04. The van der Waals surface area contributed by atoms with Gasteiger partial charge >= 0.3 is 0 Å². The zero-order chi connectivity index (χ0) is 13.1. The molecule has 2 atom stereocenters. The van der Waals surface area contributed by atoms with Gasteiger partial charge in [0.2, 0.25) is 0 Å². The molecule has 4 heteroatoms. The highest BCUT2D eigenvalue weighted by Crippen LogP contribution is 2.31. The number of halogens is 1. The molecule has 1 aromatic carbocycles. The van der Waals surface area contributed by atoms with E-state index in [4.69, 9.17) is 4.74 Å². The first-order valence-corrected chi connectivity index (χ1v) is 7.15. The van der Waals surface area contributed by atoms with E-state index in [0.717, 1.165) is 41.3 Å². The minimum absolute atomic E-state index is 0.0571. The Bertz CT molecular complexity index is 420. The highest BCUT2D eigenvalue weighted by molar-refractivity contribution is 9.10. The molecule has 1 saturated carbocycles. The molecule has 1 aliphatic carbocycles. The van der Waals surface area contributed by atoms with Gasteiger partial charge < -0.3 is 14.9 Å². The monoisotopic (exact) mass is 314 g/mol. The second-order valence-corrected chi connectivity index (χ2v) is 5.79. The molecule has 0 radical (unpaired) electrons. The number of ether oxygens (including phenoxy) is 1. The van der Waals surface area contributed by atoms with Crippen LogP contribution < -0.4 is 4.74 Å². The highest BCUT2D eigenvalue weighted by Gasteiger charge is 2.26. The predicted octanol–water partition coefficient (Wildman–Crippen LogP) is 2.93. The van der Waals surface area contributed by atoms with Crippen LogP contribution in [-0.2, 0) is 6.61 Å². The molecule has 18 heavy (non-hydrogen) atoms. The van der Waals surface area contributed by atoms with Gasteiger partial charge in [-0.2, -0.15) is 0 Å². The third kappa shape index (κ3) is 3.05. The Morgan fingerprint density at radius 1 is 1.33 bits per heavy atom. The molecule has 2 unspecified atom stereocenters. The van der Waals surface area contributed by atoms with Crippen molar-refractivity contribution in [1.82, 2.24) is 0 Å². The van der Waals surface area contributed by atoms with Crippen LogP contribution in [0.15, 0.2) is 16.6 Å². The molecule has 2 N–H and O–H groups in total. The van der Waals surface area contributed by atoms with E-state index in [-0.39, 0.29) is 12.7 Å². The number of hydrogen-bond acceptors (Lipinski definition) is 3. The lowest BCUT2D eigenvalue weighted by atomic mass is 9.94. The number of aliphatic hydroxyl groups excluding tert-OH is 2. The van der Waals surface area contributed by atoms with Gasteiger partial charge in [0.1, 0.15) is 11.9 Å². The summed E-state index contributed by atoms with van der Waals surface area (Å²) in [5.74, 6) is 0.714. The molecule has 1 fully saturated rings. The van der Waals surface area contributed by atoms with Crippen LogP contribution in [0.2, 0.25) is 0 Å². The van der Waals surface area contributed by atoms with Gasteiger partial charge in [-0.1, -0.05) is 22.4 Å².